The summed E-state index contributed by atoms with van der Waals surface area (Å²) in [4.78, 5) is 0. The smallest absolute Gasteiger partial charge is 0.389 e. The molecule has 2 N–H and O–H groups in total. The first kappa shape index (κ1) is 16.8. The molecule has 0 fully saturated rings. The number of hydrogen-bond donors (Lipinski definition) is 1. The predicted octanol–water partition coefficient (Wildman–Crippen LogP) is 4.43. The molecule has 0 aliphatic heterocycles. The first-order chi connectivity index (χ1) is 8.83. The molecule has 0 saturated heterocycles. The van der Waals surface area contributed by atoms with Crippen molar-refractivity contribution in [2.75, 3.05) is 13.2 Å². The zero-order valence-corrected chi connectivity index (χ0v) is 13.2. The summed E-state index contributed by atoms with van der Waals surface area (Å²) in [6.07, 6.45) is -4.31. The van der Waals surface area contributed by atoms with Crippen LogP contribution in [0.3, 0.4) is 0 Å². The Hall–Kier alpha value is -0.270. The van der Waals surface area contributed by atoms with Crippen molar-refractivity contribution in [3.8, 4) is 5.75 Å². The van der Waals surface area contributed by atoms with Crippen molar-refractivity contribution >= 4 is 31.9 Å². The second-order valence-electron chi connectivity index (χ2n) is 3.99. The third kappa shape index (κ3) is 6.14. The Bertz CT molecular complexity index is 401. The molecule has 7 heteroatoms. The third-order valence-corrected chi connectivity index (χ3v) is 3.52. The van der Waals surface area contributed by atoms with Gasteiger partial charge in [-0.15, -0.1) is 0 Å². The van der Waals surface area contributed by atoms with Crippen LogP contribution in [-0.2, 0) is 6.42 Å². The van der Waals surface area contributed by atoms with Gasteiger partial charge in [0, 0.05) is 6.42 Å². The maximum atomic E-state index is 12.0. The van der Waals surface area contributed by atoms with Gasteiger partial charge in [-0.25, -0.2) is 0 Å². The van der Waals surface area contributed by atoms with Gasteiger partial charge in [0.2, 0.25) is 0 Å². The summed E-state index contributed by atoms with van der Waals surface area (Å²) in [5, 5.41) is 0. The van der Waals surface area contributed by atoms with Crippen LogP contribution in [0.25, 0.3) is 0 Å². The molecule has 1 rings (SSSR count). The highest BCUT2D eigenvalue weighted by Crippen LogP contribution is 2.35. The lowest BCUT2D eigenvalue weighted by Gasteiger charge is -2.12. The molecule has 0 heterocycles. The van der Waals surface area contributed by atoms with Gasteiger partial charge in [0.1, 0.15) is 5.75 Å². The molecule has 1 aromatic rings. The topological polar surface area (TPSA) is 35.2 Å². The summed E-state index contributed by atoms with van der Waals surface area (Å²) in [6, 6.07) is 3.72. The molecule has 0 unspecified atom stereocenters. The van der Waals surface area contributed by atoms with Gasteiger partial charge in [-0.2, -0.15) is 13.2 Å². The largest absolute Gasteiger partial charge is 0.491 e. The molecule has 0 bridgehead atoms. The standard InChI is InChI=1S/C12H14Br2F3NO/c13-9-6-8(2-4-18)7-10(14)11(9)19-5-1-3-12(15,16)17/h6-7H,1-5,18H2. The van der Waals surface area contributed by atoms with E-state index in [9.17, 15) is 13.2 Å². The fourth-order valence-corrected chi connectivity index (χ4v) is 3.02. The highest BCUT2D eigenvalue weighted by Gasteiger charge is 2.26. The molecular formula is C12H14Br2F3NO. The minimum Gasteiger partial charge on any atom is -0.491 e. The molecular weight excluding hydrogens is 391 g/mol. The zero-order valence-electron chi connectivity index (χ0n) is 10.1. The van der Waals surface area contributed by atoms with Crippen molar-refractivity contribution in [2.45, 2.75) is 25.4 Å². The molecule has 0 aromatic heterocycles. The van der Waals surface area contributed by atoms with Gasteiger partial charge in [0.25, 0.3) is 0 Å². The van der Waals surface area contributed by atoms with Crippen LogP contribution in [-0.4, -0.2) is 19.3 Å². The second-order valence-corrected chi connectivity index (χ2v) is 5.70. The number of nitrogens with two attached hydrogens (primary N) is 1. The molecule has 0 aliphatic carbocycles. The van der Waals surface area contributed by atoms with Gasteiger partial charge in [-0.1, -0.05) is 0 Å². The molecule has 0 atom stereocenters. The number of rotatable bonds is 6. The van der Waals surface area contributed by atoms with Crippen LogP contribution in [0.1, 0.15) is 18.4 Å². The normalized spacial score (nSPS) is 11.7. The maximum Gasteiger partial charge on any atom is 0.389 e. The predicted molar refractivity (Wildman–Crippen MR) is 75.4 cm³/mol. The van der Waals surface area contributed by atoms with Crippen molar-refractivity contribution in [1.82, 2.24) is 0 Å². The minimum absolute atomic E-state index is 0.0208. The Morgan fingerprint density at radius 2 is 1.74 bits per heavy atom. The van der Waals surface area contributed by atoms with Crippen LogP contribution in [0.4, 0.5) is 13.2 Å². The highest BCUT2D eigenvalue weighted by molar-refractivity contribution is 9.11. The van der Waals surface area contributed by atoms with E-state index in [1.807, 2.05) is 12.1 Å². The van der Waals surface area contributed by atoms with E-state index in [4.69, 9.17) is 10.5 Å². The highest BCUT2D eigenvalue weighted by atomic mass is 79.9. The van der Waals surface area contributed by atoms with Gasteiger partial charge < -0.3 is 10.5 Å². The number of ether oxygens (including phenoxy) is 1. The second kappa shape index (κ2) is 7.50. The number of hydrogen-bond acceptors (Lipinski definition) is 2. The molecule has 2 nitrogen and oxygen atoms in total. The molecule has 19 heavy (non-hydrogen) atoms. The fourth-order valence-electron chi connectivity index (χ4n) is 1.51. The zero-order chi connectivity index (χ0) is 14.5. The van der Waals surface area contributed by atoms with E-state index in [0.29, 0.717) is 21.2 Å². The van der Waals surface area contributed by atoms with Crippen molar-refractivity contribution in [2.24, 2.45) is 5.73 Å². The minimum atomic E-state index is -4.14. The quantitative estimate of drug-likeness (QED) is 0.711. The van der Waals surface area contributed by atoms with Gasteiger partial charge in [0.05, 0.1) is 15.6 Å². The van der Waals surface area contributed by atoms with Gasteiger partial charge >= 0.3 is 6.18 Å². The lowest BCUT2D eigenvalue weighted by atomic mass is 10.1. The third-order valence-electron chi connectivity index (χ3n) is 2.34. The van der Waals surface area contributed by atoms with Crippen molar-refractivity contribution < 1.29 is 17.9 Å². The monoisotopic (exact) mass is 403 g/mol. The summed E-state index contributed by atoms with van der Waals surface area (Å²) in [6.45, 7) is 0.553. The van der Waals surface area contributed by atoms with E-state index in [1.54, 1.807) is 0 Å². The van der Waals surface area contributed by atoms with Crippen LogP contribution < -0.4 is 10.5 Å². The molecule has 0 radical (unpaired) electrons. The SMILES string of the molecule is NCCc1cc(Br)c(OCCCC(F)(F)F)c(Br)c1. The molecule has 0 spiro atoms. The summed E-state index contributed by atoms with van der Waals surface area (Å²) in [5.74, 6) is 0.517. The van der Waals surface area contributed by atoms with Crippen LogP contribution in [0, 0.1) is 0 Å². The summed E-state index contributed by atoms with van der Waals surface area (Å²) in [7, 11) is 0. The fraction of sp³-hybridized carbons (Fsp3) is 0.500. The van der Waals surface area contributed by atoms with Crippen LogP contribution in [0.15, 0.2) is 21.1 Å². The van der Waals surface area contributed by atoms with E-state index in [2.05, 4.69) is 31.9 Å². The lowest BCUT2D eigenvalue weighted by Crippen LogP contribution is -2.10. The van der Waals surface area contributed by atoms with Gasteiger partial charge in [-0.3, -0.25) is 0 Å². The lowest BCUT2D eigenvalue weighted by molar-refractivity contribution is -0.136. The number of halogens is 5. The van der Waals surface area contributed by atoms with Crippen molar-refractivity contribution in [3.63, 3.8) is 0 Å². The Balaban J connectivity index is 2.59. The van der Waals surface area contributed by atoms with Crippen LogP contribution in [0.5, 0.6) is 5.75 Å². The summed E-state index contributed by atoms with van der Waals surface area (Å²) in [5.41, 5.74) is 6.50. The van der Waals surface area contributed by atoms with Crippen LogP contribution in [0.2, 0.25) is 0 Å². The van der Waals surface area contributed by atoms with E-state index in [0.717, 1.165) is 12.0 Å². The van der Waals surface area contributed by atoms with E-state index in [1.165, 1.54) is 0 Å². The maximum absolute atomic E-state index is 12.0. The Morgan fingerprint density at radius 1 is 1.16 bits per heavy atom. The van der Waals surface area contributed by atoms with E-state index >= 15 is 0 Å². The molecule has 108 valence electrons. The van der Waals surface area contributed by atoms with Crippen molar-refractivity contribution in [3.05, 3.63) is 26.6 Å². The van der Waals surface area contributed by atoms with Gasteiger partial charge in [0.15, 0.2) is 0 Å². The van der Waals surface area contributed by atoms with E-state index in [-0.39, 0.29) is 13.0 Å². The molecule has 0 saturated carbocycles. The first-order valence-electron chi connectivity index (χ1n) is 5.71. The molecule has 0 amide bonds. The average Bonchev–Trinajstić information content (AvgIpc) is 2.26. The average molecular weight is 405 g/mol. The Labute approximate surface area is 126 Å². The number of alkyl halides is 3. The first-order valence-corrected chi connectivity index (χ1v) is 7.29. The number of benzene rings is 1. The Morgan fingerprint density at radius 3 is 2.21 bits per heavy atom. The summed E-state index contributed by atoms with van der Waals surface area (Å²) < 4.78 is 42.8. The van der Waals surface area contributed by atoms with Crippen LogP contribution >= 0.6 is 31.9 Å². The molecule has 1 aromatic carbocycles. The van der Waals surface area contributed by atoms with E-state index < -0.39 is 12.6 Å². The van der Waals surface area contributed by atoms with Crippen molar-refractivity contribution in [1.29, 1.82) is 0 Å². The summed E-state index contributed by atoms with van der Waals surface area (Å²) >= 11 is 6.68. The molecule has 0 aliphatic rings. The Kier molecular flexibility index (Phi) is 6.62. The van der Waals surface area contributed by atoms with Gasteiger partial charge in [-0.05, 0) is 68.9 Å².